The summed E-state index contributed by atoms with van der Waals surface area (Å²) in [6.07, 6.45) is 1.02. The Bertz CT molecular complexity index is 282. The molecule has 14 heavy (non-hydrogen) atoms. The molecule has 0 aromatic carbocycles. The van der Waals surface area contributed by atoms with Crippen molar-refractivity contribution in [3.63, 3.8) is 0 Å². The first kappa shape index (κ1) is 12.0. The second-order valence-corrected chi connectivity index (χ2v) is 6.90. The maximum Gasteiger partial charge on any atom is 0.214 e. The standard InChI is InChI=1S/C10H21NO2S/c1-8(2)5-10-6-11(9(3)4)14(12,13)7-10/h8-10H,5-7H2,1-4H3. The predicted octanol–water partition coefficient (Wildman–Crippen LogP) is 1.70. The first-order chi connectivity index (χ1) is 6.33. The Balaban J connectivity index is 2.67. The van der Waals surface area contributed by atoms with Gasteiger partial charge in [-0.05, 0) is 32.1 Å². The highest BCUT2D eigenvalue weighted by atomic mass is 32.2. The van der Waals surface area contributed by atoms with Crippen molar-refractivity contribution >= 4 is 10.0 Å². The maximum atomic E-state index is 11.7. The quantitative estimate of drug-likeness (QED) is 0.724. The zero-order chi connectivity index (χ0) is 10.9. The van der Waals surface area contributed by atoms with Crippen LogP contribution in [0.25, 0.3) is 0 Å². The zero-order valence-electron chi connectivity index (χ0n) is 9.53. The van der Waals surface area contributed by atoms with E-state index in [0.29, 0.717) is 17.6 Å². The lowest BCUT2D eigenvalue weighted by Crippen LogP contribution is -2.32. The van der Waals surface area contributed by atoms with Crippen molar-refractivity contribution in [2.45, 2.75) is 40.2 Å². The van der Waals surface area contributed by atoms with Crippen molar-refractivity contribution in [3.8, 4) is 0 Å². The summed E-state index contributed by atoms with van der Waals surface area (Å²) < 4.78 is 25.1. The van der Waals surface area contributed by atoms with Gasteiger partial charge in [-0.3, -0.25) is 0 Å². The highest BCUT2D eigenvalue weighted by molar-refractivity contribution is 7.89. The molecule has 1 unspecified atom stereocenters. The molecule has 1 aliphatic rings. The lowest BCUT2D eigenvalue weighted by atomic mass is 9.99. The van der Waals surface area contributed by atoms with Crippen LogP contribution >= 0.6 is 0 Å². The van der Waals surface area contributed by atoms with E-state index in [1.165, 1.54) is 0 Å². The van der Waals surface area contributed by atoms with Gasteiger partial charge < -0.3 is 0 Å². The summed E-state index contributed by atoms with van der Waals surface area (Å²) in [5, 5.41) is 0. The van der Waals surface area contributed by atoms with Gasteiger partial charge in [0.2, 0.25) is 10.0 Å². The van der Waals surface area contributed by atoms with Gasteiger partial charge in [0.15, 0.2) is 0 Å². The van der Waals surface area contributed by atoms with E-state index in [-0.39, 0.29) is 6.04 Å². The molecule has 4 heteroatoms. The van der Waals surface area contributed by atoms with Crippen molar-refractivity contribution in [2.24, 2.45) is 11.8 Å². The van der Waals surface area contributed by atoms with Crippen LogP contribution in [0.3, 0.4) is 0 Å². The van der Waals surface area contributed by atoms with Gasteiger partial charge in [0, 0.05) is 12.6 Å². The van der Waals surface area contributed by atoms with Crippen LogP contribution in [0.4, 0.5) is 0 Å². The van der Waals surface area contributed by atoms with E-state index in [1.807, 2.05) is 13.8 Å². The average Bonchev–Trinajstić information content (AvgIpc) is 2.23. The molecule has 1 fully saturated rings. The average molecular weight is 219 g/mol. The van der Waals surface area contributed by atoms with E-state index in [2.05, 4.69) is 13.8 Å². The smallest absolute Gasteiger partial charge is 0.212 e. The Morgan fingerprint density at radius 3 is 2.21 bits per heavy atom. The van der Waals surface area contributed by atoms with Crippen LogP contribution in [-0.4, -0.2) is 31.1 Å². The minimum absolute atomic E-state index is 0.108. The van der Waals surface area contributed by atoms with Crippen LogP contribution in [0, 0.1) is 11.8 Å². The molecule has 0 spiro atoms. The Morgan fingerprint density at radius 1 is 1.29 bits per heavy atom. The van der Waals surface area contributed by atoms with E-state index < -0.39 is 10.0 Å². The van der Waals surface area contributed by atoms with Gasteiger partial charge in [0.25, 0.3) is 0 Å². The summed E-state index contributed by atoms with van der Waals surface area (Å²) in [6.45, 7) is 8.89. The number of rotatable bonds is 3. The molecule has 0 N–H and O–H groups in total. The summed E-state index contributed by atoms with van der Waals surface area (Å²) in [6, 6.07) is 0.108. The maximum absolute atomic E-state index is 11.7. The van der Waals surface area contributed by atoms with Gasteiger partial charge in [0.05, 0.1) is 5.75 Å². The first-order valence-electron chi connectivity index (χ1n) is 5.32. The third-order valence-corrected chi connectivity index (χ3v) is 4.80. The molecule has 1 atom stereocenters. The number of hydrogen-bond donors (Lipinski definition) is 0. The third-order valence-electron chi connectivity index (χ3n) is 2.62. The second-order valence-electron chi connectivity index (χ2n) is 4.94. The van der Waals surface area contributed by atoms with Crippen LogP contribution in [0.1, 0.15) is 34.1 Å². The first-order valence-corrected chi connectivity index (χ1v) is 6.93. The zero-order valence-corrected chi connectivity index (χ0v) is 10.3. The van der Waals surface area contributed by atoms with E-state index in [1.54, 1.807) is 4.31 Å². The molecule has 0 amide bonds. The summed E-state index contributed by atoms with van der Waals surface area (Å²) in [7, 11) is -2.95. The van der Waals surface area contributed by atoms with Gasteiger partial charge in [-0.15, -0.1) is 0 Å². The molecule has 84 valence electrons. The topological polar surface area (TPSA) is 37.4 Å². The Labute approximate surface area is 87.5 Å². The minimum atomic E-state index is -2.95. The van der Waals surface area contributed by atoms with Crippen molar-refractivity contribution in [1.82, 2.24) is 4.31 Å². The summed E-state index contributed by atoms with van der Waals surface area (Å²) in [5.74, 6) is 1.27. The Morgan fingerprint density at radius 2 is 1.86 bits per heavy atom. The SMILES string of the molecule is CC(C)CC1CN(C(C)C)S(=O)(=O)C1. The summed E-state index contributed by atoms with van der Waals surface area (Å²) in [5.41, 5.74) is 0. The molecule has 0 bridgehead atoms. The van der Waals surface area contributed by atoms with Crippen molar-refractivity contribution < 1.29 is 8.42 Å². The molecule has 1 aliphatic heterocycles. The van der Waals surface area contributed by atoms with Gasteiger partial charge in [-0.2, -0.15) is 4.31 Å². The lowest BCUT2D eigenvalue weighted by molar-refractivity contribution is 0.326. The predicted molar refractivity (Wildman–Crippen MR) is 58.6 cm³/mol. The van der Waals surface area contributed by atoms with Crippen LogP contribution in [0.15, 0.2) is 0 Å². The molecule has 0 radical (unpaired) electrons. The number of nitrogens with zero attached hydrogens (tertiary/aromatic N) is 1. The van der Waals surface area contributed by atoms with Crippen molar-refractivity contribution in [1.29, 1.82) is 0 Å². The molecule has 0 aromatic rings. The molecule has 0 aromatic heterocycles. The number of hydrogen-bond acceptors (Lipinski definition) is 2. The fraction of sp³-hybridized carbons (Fsp3) is 1.00. The normalized spacial score (nSPS) is 27.7. The molecule has 1 rings (SSSR count). The summed E-state index contributed by atoms with van der Waals surface area (Å²) >= 11 is 0. The molecular formula is C10H21NO2S. The number of sulfonamides is 1. The van der Waals surface area contributed by atoms with Crippen molar-refractivity contribution in [2.75, 3.05) is 12.3 Å². The van der Waals surface area contributed by atoms with Gasteiger partial charge in [0.1, 0.15) is 0 Å². The van der Waals surface area contributed by atoms with Crippen LogP contribution < -0.4 is 0 Å². The van der Waals surface area contributed by atoms with Crippen LogP contribution in [0.2, 0.25) is 0 Å². The molecular weight excluding hydrogens is 198 g/mol. The van der Waals surface area contributed by atoms with E-state index in [9.17, 15) is 8.42 Å². The highest BCUT2D eigenvalue weighted by Crippen LogP contribution is 2.26. The van der Waals surface area contributed by atoms with Gasteiger partial charge >= 0.3 is 0 Å². The van der Waals surface area contributed by atoms with Crippen molar-refractivity contribution in [3.05, 3.63) is 0 Å². The fourth-order valence-electron chi connectivity index (χ4n) is 2.16. The molecule has 0 aliphatic carbocycles. The van der Waals surface area contributed by atoms with Gasteiger partial charge in [-0.1, -0.05) is 13.8 Å². The van der Waals surface area contributed by atoms with E-state index in [4.69, 9.17) is 0 Å². The third kappa shape index (κ3) is 2.70. The molecule has 3 nitrogen and oxygen atoms in total. The summed E-state index contributed by atoms with van der Waals surface area (Å²) in [4.78, 5) is 0. The second kappa shape index (κ2) is 4.19. The Hall–Kier alpha value is -0.0900. The fourth-order valence-corrected chi connectivity index (χ4v) is 4.26. The van der Waals surface area contributed by atoms with Crippen LogP contribution in [0.5, 0.6) is 0 Å². The van der Waals surface area contributed by atoms with Crippen LogP contribution in [-0.2, 0) is 10.0 Å². The molecule has 0 saturated carbocycles. The largest absolute Gasteiger partial charge is 0.214 e. The minimum Gasteiger partial charge on any atom is -0.212 e. The molecule has 1 saturated heterocycles. The van der Waals surface area contributed by atoms with E-state index >= 15 is 0 Å². The monoisotopic (exact) mass is 219 g/mol. The van der Waals surface area contributed by atoms with Gasteiger partial charge in [-0.25, -0.2) is 8.42 Å². The van der Waals surface area contributed by atoms with E-state index in [0.717, 1.165) is 13.0 Å². The molecule has 1 heterocycles. The Kier molecular flexibility index (Phi) is 3.58. The lowest BCUT2D eigenvalue weighted by Gasteiger charge is -2.19. The highest BCUT2D eigenvalue weighted by Gasteiger charge is 2.37.